The summed E-state index contributed by atoms with van der Waals surface area (Å²) in [5.74, 6) is 0. The molecule has 1 N–H and O–H groups in total. The van der Waals surface area contributed by atoms with Gasteiger partial charge in [-0.3, -0.25) is 0 Å². The van der Waals surface area contributed by atoms with Crippen LogP contribution in [0.4, 0.5) is 0 Å². The van der Waals surface area contributed by atoms with Crippen LogP contribution in [0.25, 0.3) is 0 Å². The Labute approximate surface area is 114 Å². The van der Waals surface area contributed by atoms with Crippen LogP contribution in [0, 0.1) is 0 Å². The van der Waals surface area contributed by atoms with Gasteiger partial charge in [-0.15, -0.1) is 11.3 Å². The normalized spacial score (nSPS) is 12.6. The summed E-state index contributed by atoms with van der Waals surface area (Å²) in [6.45, 7) is 4.43. The number of hydrogen-bond donors (Lipinski definition) is 1. The zero-order chi connectivity index (χ0) is 13.0. The van der Waals surface area contributed by atoms with Crippen molar-refractivity contribution in [2.45, 2.75) is 32.7 Å². The van der Waals surface area contributed by atoms with Crippen molar-refractivity contribution in [3.8, 4) is 0 Å². The van der Waals surface area contributed by atoms with Gasteiger partial charge in [-0.25, -0.2) is 0 Å². The molecule has 2 aromatic rings. The molecule has 0 saturated heterocycles. The van der Waals surface area contributed by atoms with Crippen LogP contribution in [0.2, 0.25) is 0 Å². The van der Waals surface area contributed by atoms with Crippen molar-refractivity contribution in [2.75, 3.05) is 7.05 Å². The Bertz CT molecular complexity index is 501. The van der Waals surface area contributed by atoms with Gasteiger partial charge in [0, 0.05) is 4.88 Å². The number of hydrogen-bond acceptors (Lipinski definition) is 2. The third-order valence-electron chi connectivity index (χ3n) is 3.41. The fourth-order valence-corrected chi connectivity index (χ4v) is 3.47. The Hall–Kier alpha value is -1.12. The molecule has 1 aromatic heterocycles. The van der Waals surface area contributed by atoms with E-state index in [2.05, 4.69) is 54.9 Å². The quantitative estimate of drug-likeness (QED) is 0.849. The Morgan fingerprint density at radius 2 is 2.00 bits per heavy atom. The van der Waals surface area contributed by atoms with Crippen LogP contribution in [-0.4, -0.2) is 7.05 Å². The van der Waals surface area contributed by atoms with E-state index in [-0.39, 0.29) is 0 Å². The van der Waals surface area contributed by atoms with Crippen molar-refractivity contribution in [3.05, 3.63) is 57.3 Å². The molecule has 1 atom stereocenters. The molecule has 0 spiro atoms. The molecular formula is C16H21NS. The maximum absolute atomic E-state index is 3.46. The van der Waals surface area contributed by atoms with Gasteiger partial charge in [-0.05, 0) is 48.0 Å². The molecule has 1 aromatic carbocycles. The highest BCUT2D eigenvalue weighted by Gasteiger charge is 2.16. The molecule has 1 heterocycles. The van der Waals surface area contributed by atoms with E-state index in [1.54, 1.807) is 0 Å². The van der Waals surface area contributed by atoms with E-state index in [0.717, 1.165) is 12.8 Å². The molecule has 2 rings (SSSR count). The third-order valence-corrected chi connectivity index (χ3v) is 4.43. The Morgan fingerprint density at radius 1 is 1.17 bits per heavy atom. The minimum absolute atomic E-state index is 0.325. The zero-order valence-electron chi connectivity index (χ0n) is 11.4. The highest BCUT2D eigenvalue weighted by molar-refractivity contribution is 7.10. The first kappa shape index (κ1) is 13.3. The largest absolute Gasteiger partial charge is 0.309 e. The molecular weight excluding hydrogens is 238 g/mol. The number of benzene rings is 1. The summed E-state index contributed by atoms with van der Waals surface area (Å²) >= 11 is 1.85. The first-order valence-corrected chi connectivity index (χ1v) is 7.50. The number of rotatable bonds is 5. The summed E-state index contributed by atoms with van der Waals surface area (Å²) in [7, 11) is 2.04. The molecule has 0 fully saturated rings. The predicted octanol–water partition coefficient (Wildman–Crippen LogP) is 4.18. The summed E-state index contributed by atoms with van der Waals surface area (Å²) in [4.78, 5) is 1.45. The lowest BCUT2D eigenvalue weighted by molar-refractivity contribution is 0.696. The summed E-state index contributed by atoms with van der Waals surface area (Å²) in [6, 6.07) is 11.5. The van der Waals surface area contributed by atoms with E-state index in [4.69, 9.17) is 0 Å². The minimum atomic E-state index is 0.325. The van der Waals surface area contributed by atoms with E-state index < -0.39 is 0 Å². The molecule has 0 saturated carbocycles. The lowest BCUT2D eigenvalue weighted by Gasteiger charge is -2.18. The summed E-state index contributed by atoms with van der Waals surface area (Å²) in [5, 5.41) is 5.65. The fourth-order valence-electron chi connectivity index (χ4n) is 2.33. The molecule has 0 aliphatic heterocycles. The number of nitrogens with one attached hydrogen (secondary N) is 1. The molecule has 0 radical (unpaired) electrons. The summed E-state index contributed by atoms with van der Waals surface area (Å²) < 4.78 is 0. The van der Waals surface area contributed by atoms with Gasteiger partial charge in [-0.2, -0.15) is 0 Å². The van der Waals surface area contributed by atoms with Crippen molar-refractivity contribution >= 4 is 11.3 Å². The SMILES string of the molecule is CCc1cccc(C(NC)c2sccc2CC)c1. The maximum atomic E-state index is 3.46. The molecule has 1 nitrogen and oxygen atoms in total. The van der Waals surface area contributed by atoms with Gasteiger partial charge >= 0.3 is 0 Å². The minimum Gasteiger partial charge on any atom is -0.309 e. The first-order chi connectivity index (χ1) is 8.80. The van der Waals surface area contributed by atoms with Crippen LogP contribution in [0.5, 0.6) is 0 Å². The van der Waals surface area contributed by atoms with E-state index in [9.17, 15) is 0 Å². The number of aryl methyl sites for hydroxylation is 2. The predicted molar refractivity (Wildman–Crippen MR) is 80.4 cm³/mol. The topological polar surface area (TPSA) is 12.0 Å². The van der Waals surface area contributed by atoms with E-state index in [1.807, 2.05) is 18.4 Å². The molecule has 2 heteroatoms. The molecule has 18 heavy (non-hydrogen) atoms. The molecule has 0 amide bonds. The second-order valence-electron chi connectivity index (χ2n) is 4.48. The smallest absolute Gasteiger partial charge is 0.0671 e. The van der Waals surface area contributed by atoms with Gasteiger partial charge in [0.1, 0.15) is 0 Å². The third kappa shape index (κ3) is 2.65. The zero-order valence-corrected chi connectivity index (χ0v) is 12.2. The molecule has 96 valence electrons. The summed E-state index contributed by atoms with van der Waals surface area (Å²) in [6.07, 6.45) is 2.19. The Balaban J connectivity index is 2.38. The molecule has 0 aliphatic rings. The van der Waals surface area contributed by atoms with Crippen LogP contribution in [0.15, 0.2) is 35.7 Å². The van der Waals surface area contributed by atoms with Crippen LogP contribution in [-0.2, 0) is 12.8 Å². The Kier molecular flexibility index (Phi) is 4.56. The van der Waals surface area contributed by atoms with Crippen molar-refractivity contribution < 1.29 is 0 Å². The van der Waals surface area contributed by atoms with Crippen molar-refractivity contribution in [1.29, 1.82) is 0 Å². The van der Waals surface area contributed by atoms with Crippen molar-refractivity contribution in [3.63, 3.8) is 0 Å². The first-order valence-electron chi connectivity index (χ1n) is 6.62. The Morgan fingerprint density at radius 3 is 2.67 bits per heavy atom. The van der Waals surface area contributed by atoms with Gasteiger partial charge in [0.05, 0.1) is 6.04 Å². The van der Waals surface area contributed by atoms with Gasteiger partial charge in [-0.1, -0.05) is 38.1 Å². The standard InChI is InChI=1S/C16H21NS/c1-4-12-7-6-8-14(11-12)15(17-3)16-13(5-2)9-10-18-16/h6-11,15,17H,4-5H2,1-3H3. The number of thiophene rings is 1. The lowest BCUT2D eigenvalue weighted by atomic mass is 9.99. The van der Waals surface area contributed by atoms with E-state index >= 15 is 0 Å². The molecule has 0 aliphatic carbocycles. The van der Waals surface area contributed by atoms with Gasteiger partial charge in [0.2, 0.25) is 0 Å². The van der Waals surface area contributed by atoms with Gasteiger partial charge < -0.3 is 5.32 Å². The fraction of sp³-hybridized carbons (Fsp3) is 0.375. The van der Waals surface area contributed by atoms with Crippen LogP contribution in [0.3, 0.4) is 0 Å². The monoisotopic (exact) mass is 259 g/mol. The van der Waals surface area contributed by atoms with Crippen LogP contribution >= 0.6 is 11.3 Å². The highest BCUT2D eigenvalue weighted by Crippen LogP contribution is 2.30. The van der Waals surface area contributed by atoms with E-state index in [1.165, 1.54) is 21.6 Å². The van der Waals surface area contributed by atoms with E-state index in [0.29, 0.717) is 6.04 Å². The average molecular weight is 259 g/mol. The highest BCUT2D eigenvalue weighted by atomic mass is 32.1. The van der Waals surface area contributed by atoms with Crippen LogP contribution < -0.4 is 5.32 Å². The average Bonchev–Trinajstić information content (AvgIpc) is 2.88. The maximum Gasteiger partial charge on any atom is 0.0671 e. The lowest BCUT2D eigenvalue weighted by Crippen LogP contribution is -2.17. The molecule has 1 unspecified atom stereocenters. The second kappa shape index (κ2) is 6.17. The van der Waals surface area contributed by atoms with Crippen molar-refractivity contribution in [2.24, 2.45) is 0 Å². The van der Waals surface area contributed by atoms with Gasteiger partial charge in [0.25, 0.3) is 0 Å². The van der Waals surface area contributed by atoms with Crippen LogP contribution in [0.1, 0.15) is 41.5 Å². The van der Waals surface area contributed by atoms with Crippen molar-refractivity contribution in [1.82, 2.24) is 5.32 Å². The molecule has 0 bridgehead atoms. The summed E-state index contributed by atoms with van der Waals surface area (Å²) in [5.41, 5.74) is 4.23. The van der Waals surface area contributed by atoms with Gasteiger partial charge in [0.15, 0.2) is 0 Å². The second-order valence-corrected chi connectivity index (χ2v) is 5.43.